The van der Waals surface area contributed by atoms with Crippen molar-refractivity contribution in [2.24, 2.45) is 0 Å². The molecule has 14 heteroatoms. The van der Waals surface area contributed by atoms with E-state index in [0.717, 1.165) is 0 Å². The molecule has 0 saturated heterocycles. The lowest BCUT2D eigenvalue weighted by molar-refractivity contribution is -0.439. The normalized spacial score (nSPS) is 16.1. The molecule has 134 valence electrons. The molecule has 0 bridgehead atoms. The van der Waals surface area contributed by atoms with Gasteiger partial charge in [0.25, 0.3) is 0 Å². The minimum absolute atomic E-state index is 1.38. The fraction of sp³-hybridized carbons (Fsp3) is 1.00. The van der Waals surface area contributed by atoms with Crippen LogP contribution in [0.3, 0.4) is 0 Å². The molecule has 0 radical (unpaired) electrons. The maximum Gasteiger partial charge on any atom is 0.460 e. The lowest BCUT2D eigenvalue weighted by atomic mass is 9.93. The third-order valence-corrected chi connectivity index (χ3v) is 2.62. The number of rotatable bonds is 6. The molecule has 0 N–H and O–H groups in total. The Labute approximate surface area is 119 Å². The van der Waals surface area contributed by atoms with E-state index in [9.17, 15) is 57.1 Å². The van der Waals surface area contributed by atoms with Crippen LogP contribution in [-0.4, -0.2) is 41.5 Å². The van der Waals surface area contributed by atoms with Gasteiger partial charge in [-0.3, -0.25) is 0 Å². The van der Waals surface area contributed by atoms with Gasteiger partial charge in [-0.1, -0.05) is 0 Å². The standard InChI is InChI=1S/C8H5F13S/c9-3(10,1-2-22)4(11,12)5(13,14)6(15,16)7(17,18)8(19,20)21/h22H,1-2H2/p-1. The lowest BCUT2D eigenvalue weighted by Gasteiger charge is -2.40. The van der Waals surface area contributed by atoms with Crippen LogP contribution in [0.4, 0.5) is 57.1 Å². The van der Waals surface area contributed by atoms with Crippen LogP contribution in [0.2, 0.25) is 0 Å². The molecule has 0 fully saturated rings. The highest BCUT2D eigenvalue weighted by atomic mass is 32.1. The average molecular weight is 379 g/mol. The van der Waals surface area contributed by atoms with E-state index in [1.165, 1.54) is 0 Å². The molecule has 0 aromatic heterocycles. The summed E-state index contributed by atoms with van der Waals surface area (Å²) in [7, 11) is 0. The third-order valence-electron chi connectivity index (χ3n) is 2.41. The molecular formula is C8H4F13S-. The Bertz CT molecular complexity index is 395. The highest BCUT2D eigenvalue weighted by Gasteiger charge is 2.90. The first-order valence-corrected chi connectivity index (χ1v) is 5.43. The summed E-state index contributed by atoms with van der Waals surface area (Å²) in [6.45, 7) is 0. The van der Waals surface area contributed by atoms with Crippen molar-refractivity contribution in [3.63, 3.8) is 0 Å². The summed E-state index contributed by atoms with van der Waals surface area (Å²) >= 11 is 3.74. The first-order chi connectivity index (χ1) is 9.31. The van der Waals surface area contributed by atoms with Gasteiger partial charge in [-0.15, -0.1) is 0 Å². The number of hydrogen-bond donors (Lipinski definition) is 0. The first-order valence-electron chi connectivity index (χ1n) is 4.85. The Morgan fingerprint density at radius 3 is 1.09 bits per heavy atom. The summed E-state index contributed by atoms with van der Waals surface area (Å²) in [5, 5.41) is 0. The molecular weight excluding hydrogens is 375 g/mol. The summed E-state index contributed by atoms with van der Waals surface area (Å²) in [6.07, 6.45) is -9.71. The quantitative estimate of drug-likeness (QED) is 0.478. The predicted octanol–water partition coefficient (Wildman–Crippen LogP) is 4.66. The van der Waals surface area contributed by atoms with Gasteiger partial charge in [0.1, 0.15) is 0 Å². The molecule has 0 saturated carbocycles. The minimum Gasteiger partial charge on any atom is -0.792 e. The summed E-state index contributed by atoms with van der Waals surface area (Å²) in [5.41, 5.74) is 0. The fourth-order valence-electron chi connectivity index (χ4n) is 1.09. The van der Waals surface area contributed by atoms with Gasteiger partial charge in [0.15, 0.2) is 0 Å². The van der Waals surface area contributed by atoms with E-state index < -0.39 is 48.0 Å². The molecule has 0 spiro atoms. The molecule has 0 amide bonds. The van der Waals surface area contributed by atoms with Gasteiger partial charge < -0.3 is 12.6 Å². The SMILES string of the molecule is FC(F)(F)C(F)(F)C(F)(F)C(F)(F)C(F)(F)C(F)(F)CC[S-]. The van der Waals surface area contributed by atoms with Crippen LogP contribution in [-0.2, 0) is 12.6 Å². The largest absolute Gasteiger partial charge is 0.792 e. The zero-order valence-corrected chi connectivity index (χ0v) is 10.6. The van der Waals surface area contributed by atoms with Crippen LogP contribution >= 0.6 is 0 Å². The van der Waals surface area contributed by atoms with Gasteiger partial charge in [0.05, 0.1) is 0 Å². The highest BCUT2D eigenvalue weighted by molar-refractivity contribution is 7.58. The third kappa shape index (κ3) is 2.82. The summed E-state index contributed by atoms with van der Waals surface area (Å²) in [6, 6.07) is 0. The molecule has 0 rings (SSSR count). The predicted molar refractivity (Wildman–Crippen MR) is 47.6 cm³/mol. The molecule has 0 aromatic rings. The van der Waals surface area contributed by atoms with E-state index in [2.05, 4.69) is 12.6 Å². The topological polar surface area (TPSA) is 0 Å². The second-order valence-electron chi connectivity index (χ2n) is 3.95. The fourth-order valence-corrected chi connectivity index (χ4v) is 1.34. The molecule has 0 unspecified atom stereocenters. The number of alkyl halides is 13. The van der Waals surface area contributed by atoms with E-state index in [4.69, 9.17) is 0 Å². The molecule has 0 heterocycles. The van der Waals surface area contributed by atoms with E-state index in [-0.39, 0.29) is 0 Å². The van der Waals surface area contributed by atoms with Gasteiger partial charge >= 0.3 is 35.8 Å². The molecule has 0 aliphatic heterocycles. The Balaban J connectivity index is 6.11. The van der Waals surface area contributed by atoms with Crippen LogP contribution in [0.5, 0.6) is 0 Å². The smallest absolute Gasteiger partial charge is 0.460 e. The van der Waals surface area contributed by atoms with Crippen LogP contribution in [0.1, 0.15) is 6.42 Å². The van der Waals surface area contributed by atoms with E-state index in [1.807, 2.05) is 0 Å². The average Bonchev–Trinajstić information content (AvgIpc) is 2.26. The van der Waals surface area contributed by atoms with Crippen LogP contribution in [0.25, 0.3) is 0 Å². The lowest BCUT2D eigenvalue weighted by Crippen LogP contribution is -2.70. The van der Waals surface area contributed by atoms with Gasteiger partial charge in [0.2, 0.25) is 0 Å². The van der Waals surface area contributed by atoms with E-state index in [1.54, 1.807) is 0 Å². The number of halogens is 13. The Morgan fingerprint density at radius 1 is 0.500 bits per heavy atom. The van der Waals surface area contributed by atoms with Crippen molar-refractivity contribution in [2.75, 3.05) is 5.75 Å². The van der Waals surface area contributed by atoms with Crippen LogP contribution in [0, 0.1) is 0 Å². The molecule has 0 atom stereocenters. The zero-order valence-electron chi connectivity index (χ0n) is 9.74. The van der Waals surface area contributed by atoms with Gasteiger partial charge in [0, 0.05) is 0 Å². The number of hydrogen-bond acceptors (Lipinski definition) is 1. The van der Waals surface area contributed by atoms with Gasteiger partial charge in [-0.25, -0.2) is 0 Å². The molecule has 22 heavy (non-hydrogen) atoms. The van der Waals surface area contributed by atoms with E-state index >= 15 is 0 Å². The van der Waals surface area contributed by atoms with Crippen LogP contribution < -0.4 is 0 Å². The first kappa shape index (κ1) is 21.4. The second kappa shape index (κ2) is 5.51. The maximum absolute atomic E-state index is 12.9. The summed E-state index contributed by atoms with van der Waals surface area (Å²) in [4.78, 5) is 0. The second-order valence-corrected chi connectivity index (χ2v) is 4.36. The molecule has 0 aromatic carbocycles. The van der Waals surface area contributed by atoms with Crippen LogP contribution in [0.15, 0.2) is 0 Å². The Kier molecular flexibility index (Phi) is 5.37. The Hall–Kier alpha value is -0.560. The van der Waals surface area contributed by atoms with Gasteiger partial charge in [-0.05, 0) is 6.42 Å². The summed E-state index contributed by atoms with van der Waals surface area (Å²) in [5.74, 6) is -37.9. The van der Waals surface area contributed by atoms with Gasteiger partial charge in [-0.2, -0.15) is 62.8 Å². The van der Waals surface area contributed by atoms with Crippen molar-refractivity contribution in [3.8, 4) is 0 Å². The summed E-state index contributed by atoms with van der Waals surface area (Å²) < 4.78 is 162. The van der Waals surface area contributed by atoms with E-state index in [0.29, 0.717) is 0 Å². The molecule has 0 aliphatic rings. The van der Waals surface area contributed by atoms with Crippen molar-refractivity contribution in [3.05, 3.63) is 0 Å². The maximum atomic E-state index is 12.9. The van der Waals surface area contributed by atoms with Crippen molar-refractivity contribution < 1.29 is 57.1 Å². The van der Waals surface area contributed by atoms with Crippen molar-refractivity contribution in [1.82, 2.24) is 0 Å². The molecule has 0 aliphatic carbocycles. The Morgan fingerprint density at radius 2 is 0.818 bits per heavy atom. The van der Waals surface area contributed by atoms with Crippen molar-refractivity contribution in [1.29, 1.82) is 0 Å². The van der Waals surface area contributed by atoms with Crippen molar-refractivity contribution in [2.45, 2.75) is 42.2 Å². The molecule has 0 nitrogen and oxygen atoms in total. The monoisotopic (exact) mass is 379 g/mol. The van der Waals surface area contributed by atoms with Crippen molar-refractivity contribution >= 4 is 12.6 Å². The minimum atomic E-state index is -7.84. The highest BCUT2D eigenvalue weighted by Crippen LogP contribution is 2.60. The zero-order chi connectivity index (χ0) is 18.4.